The number of benzene rings is 1. The SMILES string of the molecule is COCCN1C(=S)NC(c2ccccn2)C1c1cc(C)n(-c2cccc(Cl)c2C)c1C. The number of hydrogen-bond donors (Lipinski definition) is 1. The van der Waals surface area contributed by atoms with Gasteiger partial charge in [-0.25, -0.2) is 0 Å². The molecule has 7 heteroatoms. The van der Waals surface area contributed by atoms with Crippen LogP contribution < -0.4 is 5.32 Å². The number of hydrogen-bond acceptors (Lipinski definition) is 3. The minimum Gasteiger partial charge on any atom is -0.383 e. The lowest BCUT2D eigenvalue weighted by Gasteiger charge is -2.28. The van der Waals surface area contributed by atoms with Crippen LogP contribution in [0, 0.1) is 20.8 Å². The van der Waals surface area contributed by atoms with E-state index in [0.717, 1.165) is 32.8 Å². The molecule has 1 aliphatic heterocycles. The van der Waals surface area contributed by atoms with E-state index in [1.165, 1.54) is 11.3 Å². The number of aromatic nitrogens is 2. The van der Waals surface area contributed by atoms with E-state index in [0.29, 0.717) is 13.2 Å². The van der Waals surface area contributed by atoms with Gasteiger partial charge in [0.15, 0.2) is 5.11 Å². The number of ether oxygens (including phenoxy) is 1. The second kappa shape index (κ2) is 8.99. The van der Waals surface area contributed by atoms with Gasteiger partial charge in [-0.05, 0) is 74.4 Å². The van der Waals surface area contributed by atoms with Crippen LogP contribution in [0.5, 0.6) is 0 Å². The van der Waals surface area contributed by atoms with Gasteiger partial charge in [-0.15, -0.1) is 0 Å². The van der Waals surface area contributed by atoms with Gasteiger partial charge < -0.3 is 19.5 Å². The summed E-state index contributed by atoms with van der Waals surface area (Å²) in [5, 5.41) is 4.99. The molecule has 1 aromatic carbocycles. The number of rotatable bonds is 6. The molecule has 0 radical (unpaired) electrons. The van der Waals surface area contributed by atoms with Gasteiger partial charge in [0.05, 0.1) is 24.4 Å². The first kappa shape index (κ1) is 21.8. The van der Waals surface area contributed by atoms with Gasteiger partial charge in [0, 0.05) is 41.9 Å². The third kappa shape index (κ3) is 3.95. The lowest BCUT2D eigenvalue weighted by Crippen LogP contribution is -2.32. The van der Waals surface area contributed by atoms with E-state index in [2.05, 4.69) is 52.7 Å². The highest BCUT2D eigenvalue weighted by atomic mass is 35.5. The predicted octanol–water partition coefficient (Wildman–Crippen LogP) is 5.07. The van der Waals surface area contributed by atoms with Crippen molar-refractivity contribution in [2.75, 3.05) is 20.3 Å². The molecule has 162 valence electrons. The van der Waals surface area contributed by atoms with Gasteiger partial charge in [-0.1, -0.05) is 23.7 Å². The average molecular weight is 455 g/mol. The molecular formula is C24H27ClN4OS. The van der Waals surface area contributed by atoms with Crippen molar-refractivity contribution in [3.8, 4) is 5.69 Å². The van der Waals surface area contributed by atoms with Crippen molar-refractivity contribution in [2.45, 2.75) is 32.9 Å². The quantitative estimate of drug-likeness (QED) is 0.526. The highest BCUT2D eigenvalue weighted by Gasteiger charge is 2.41. The van der Waals surface area contributed by atoms with Crippen LogP contribution in [0.15, 0.2) is 48.7 Å². The van der Waals surface area contributed by atoms with E-state index in [4.69, 9.17) is 28.6 Å². The van der Waals surface area contributed by atoms with Gasteiger partial charge in [0.1, 0.15) is 0 Å². The molecule has 2 aromatic heterocycles. The Hall–Kier alpha value is -2.41. The summed E-state index contributed by atoms with van der Waals surface area (Å²) >= 11 is 12.2. The number of nitrogens with one attached hydrogen (secondary N) is 1. The maximum atomic E-state index is 6.43. The molecule has 3 heterocycles. The minimum atomic E-state index is -0.0417. The molecule has 31 heavy (non-hydrogen) atoms. The third-order valence-corrected chi connectivity index (χ3v) is 6.76. The summed E-state index contributed by atoms with van der Waals surface area (Å²) < 4.78 is 7.65. The monoisotopic (exact) mass is 454 g/mol. The van der Waals surface area contributed by atoms with Crippen molar-refractivity contribution in [1.82, 2.24) is 19.8 Å². The molecule has 0 aliphatic carbocycles. The summed E-state index contributed by atoms with van der Waals surface area (Å²) in [6.45, 7) is 7.65. The van der Waals surface area contributed by atoms with Crippen molar-refractivity contribution in [2.24, 2.45) is 0 Å². The topological polar surface area (TPSA) is 42.3 Å². The van der Waals surface area contributed by atoms with Crippen LogP contribution in [0.4, 0.5) is 0 Å². The average Bonchev–Trinajstić information content (AvgIpc) is 3.24. The number of methoxy groups -OCH3 is 1. The summed E-state index contributed by atoms with van der Waals surface area (Å²) in [4.78, 5) is 6.84. The zero-order valence-corrected chi connectivity index (χ0v) is 19.8. The lowest BCUT2D eigenvalue weighted by molar-refractivity contribution is 0.164. The molecule has 4 rings (SSSR count). The van der Waals surface area contributed by atoms with E-state index in [-0.39, 0.29) is 12.1 Å². The summed E-state index contributed by atoms with van der Waals surface area (Å²) in [7, 11) is 1.71. The maximum Gasteiger partial charge on any atom is 0.170 e. The Bertz CT molecular complexity index is 1100. The normalized spacial score (nSPS) is 18.5. The van der Waals surface area contributed by atoms with Crippen LogP contribution >= 0.6 is 23.8 Å². The van der Waals surface area contributed by atoms with E-state index in [1.807, 2.05) is 36.5 Å². The second-order valence-electron chi connectivity index (χ2n) is 7.86. The van der Waals surface area contributed by atoms with Crippen molar-refractivity contribution in [1.29, 1.82) is 0 Å². The Morgan fingerprint density at radius 3 is 2.68 bits per heavy atom. The molecule has 2 atom stereocenters. The Kier molecular flexibility index (Phi) is 6.32. The second-order valence-corrected chi connectivity index (χ2v) is 8.65. The fourth-order valence-electron chi connectivity index (χ4n) is 4.47. The number of aryl methyl sites for hydroxylation is 1. The van der Waals surface area contributed by atoms with Crippen molar-refractivity contribution in [3.63, 3.8) is 0 Å². The first-order chi connectivity index (χ1) is 14.9. The van der Waals surface area contributed by atoms with Gasteiger partial charge in [-0.3, -0.25) is 4.98 Å². The van der Waals surface area contributed by atoms with Crippen LogP contribution in [0.3, 0.4) is 0 Å². The van der Waals surface area contributed by atoms with Crippen LogP contribution in [0.2, 0.25) is 5.02 Å². The number of halogens is 1. The van der Waals surface area contributed by atoms with E-state index < -0.39 is 0 Å². The zero-order valence-electron chi connectivity index (χ0n) is 18.2. The van der Waals surface area contributed by atoms with Gasteiger partial charge in [0.25, 0.3) is 0 Å². The molecular weight excluding hydrogens is 428 g/mol. The van der Waals surface area contributed by atoms with Gasteiger partial charge in [0.2, 0.25) is 0 Å². The lowest BCUT2D eigenvalue weighted by atomic mass is 9.97. The Balaban J connectivity index is 1.84. The molecule has 0 bridgehead atoms. The van der Waals surface area contributed by atoms with E-state index >= 15 is 0 Å². The standard InChI is InChI=1S/C24H27ClN4OS/c1-15-14-18(17(3)29(15)21-10-7-8-19(25)16(21)2)23-22(20-9-5-6-11-26-20)27-24(31)28(23)12-13-30-4/h5-11,14,22-23H,12-13H2,1-4H3,(H,27,31). The Morgan fingerprint density at radius 2 is 1.97 bits per heavy atom. The molecule has 5 nitrogen and oxygen atoms in total. The zero-order chi connectivity index (χ0) is 22.1. The molecule has 3 aromatic rings. The van der Waals surface area contributed by atoms with Gasteiger partial charge >= 0.3 is 0 Å². The molecule has 1 N–H and O–H groups in total. The highest BCUT2D eigenvalue weighted by molar-refractivity contribution is 7.80. The number of pyridine rings is 1. The molecule has 0 spiro atoms. The summed E-state index contributed by atoms with van der Waals surface area (Å²) in [6, 6.07) is 14.3. The van der Waals surface area contributed by atoms with Crippen LogP contribution in [0.25, 0.3) is 5.69 Å². The fourth-order valence-corrected chi connectivity index (χ4v) is 4.97. The van der Waals surface area contributed by atoms with Crippen molar-refractivity contribution < 1.29 is 4.74 Å². The van der Waals surface area contributed by atoms with Crippen molar-refractivity contribution >= 4 is 28.9 Å². The number of nitrogens with zero attached hydrogens (tertiary/aromatic N) is 3. The first-order valence-corrected chi connectivity index (χ1v) is 11.1. The Morgan fingerprint density at radius 1 is 1.16 bits per heavy atom. The molecule has 0 amide bonds. The predicted molar refractivity (Wildman–Crippen MR) is 129 cm³/mol. The van der Waals surface area contributed by atoms with Crippen molar-refractivity contribution in [3.05, 3.63) is 81.9 Å². The summed E-state index contributed by atoms with van der Waals surface area (Å²) in [5.41, 5.74) is 6.68. The smallest absolute Gasteiger partial charge is 0.170 e. The third-order valence-electron chi connectivity index (χ3n) is 6.00. The molecule has 1 aliphatic rings. The van der Waals surface area contributed by atoms with Crippen LogP contribution in [-0.4, -0.2) is 39.8 Å². The number of thiocarbonyl (C=S) groups is 1. The summed E-state index contributed by atoms with van der Waals surface area (Å²) in [6.07, 6.45) is 1.83. The summed E-state index contributed by atoms with van der Waals surface area (Å²) in [5.74, 6) is 0. The van der Waals surface area contributed by atoms with Crippen LogP contribution in [-0.2, 0) is 4.74 Å². The fraction of sp³-hybridized carbons (Fsp3) is 0.333. The first-order valence-electron chi connectivity index (χ1n) is 10.4. The van der Waals surface area contributed by atoms with E-state index in [9.17, 15) is 0 Å². The largest absolute Gasteiger partial charge is 0.383 e. The molecule has 2 unspecified atom stereocenters. The molecule has 1 saturated heterocycles. The van der Waals surface area contributed by atoms with Gasteiger partial charge in [-0.2, -0.15) is 0 Å². The molecule has 0 saturated carbocycles. The van der Waals surface area contributed by atoms with Crippen LogP contribution in [0.1, 0.15) is 40.3 Å². The Labute approximate surface area is 194 Å². The molecule has 1 fully saturated rings. The maximum absolute atomic E-state index is 6.43. The minimum absolute atomic E-state index is 0.0111. The highest BCUT2D eigenvalue weighted by Crippen LogP contribution is 2.41. The van der Waals surface area contributed by atoms with E-state index in [1.54, 1.807) is 7.11 Å².